The summed E-state index contributed by atoms with van der Waals surface area (Å²) in [4.78, 5) is 33.2. The number of nitrogens with zero attached hydrogens (tertiary/aromatic N) is 2. The standard InChI is InChI=1S/C22H23N5O2/c1-2-3-12-27(15-21(28)24-17-10-8-16(13-23)9-11-17)14-20-25-19-7-5-4-6-18(19)22(29)26-20/h4-11H,2-3,12,14-15H2,1H3,(H,24,28)(H,25,26,29)/p+1. The number of amides is 1. The second-order valence-corrected chi connectivity index (χ2v) is 6.97. The molecule has 1 atom stereocenters. The maximum atomic E-state index is 12.5. The van der Waals surface area contributed by atoms with Crippen molar-refractivity contribution in [3.05, 3.63) is 70.3 Å². The van der Waals surface area contributed by atoms with Crippen LogP contribution in [0.1, 0.15) is 31.2 Å². The fourth-order valence-electron chi connectivity index (χ4n) is 3.18. The molecule has 7 heteroatoms. The van der Waals surface area contributed by atoms with E-state index in [9.17, 15) is 9.59 Å². The Balaban J connectivity index is 1.71. The zero-order chi connectivity index (χ0) is 20.6. The highest BCUT2D eigenvalue weighted by atomic mass is 16.2. The predicted molar refractivity (Wildman–Crippen MR) is 111 cm³/mol. The summed E-state index contributed by atoms with van der Waals surface area (Å²) < 4.78 is 0. The number of aromatic amines is 1. The van der Waals surface area contributed by atoms with Gasteiger partial charge in [0.2, 0.25) is 0 Å². The molecule has 0 aliphatic heterocycles. The first-order valence-corrected chi connectivity index (χ1v) is 9.70. The van der Waals surface area contributed by atoms with Crippen LogP contribution in [0.15, 0.2) is 53.3 Å². The lowest BCUT2D eigenvalue weighted by Crippen LogP contribution is -3.12. The zero-order valence-electron chi connectivity index (χ0n) is 16.4. The van der Waals surface area contributed by atoms with E-state index in [2.05, 4.69) is 28.3 Å². The maximum absolute atomic E-state index is 12.5. The molecule has 148 valence electrons. The number of fused-ring (bicyclic) bond motifs is 1. The normalized spacial score (nSPS) is 11.7. The Bertz CT molecular complexity index is 1080. The molecule has 0 aliphatic rings. The highest BCUT2D eigenvalue weighted by Gasteiger charge is 2.17. The first-order chi connectivity index (χ1) is 14.1. The molecule has 1 amide bonds. The number of benzene rings is 2. The minimum absolute atomic E-state index is 0.121. The van der Waals surface area contributed by atoms with E-state index in [0.717, 1.165) is 24.3 Å². The number of rotatable bonds is 8. The van der Waals surface area contributed by atoms with Crippen LogP contribution in [-0.2, 0) is 11.3 Å². The van der Waals surface area contributed by atoms with Crippen LogP contribution in [0.4, 0.5) is 5.69 Å². The van der Waals surface area contributed by atoms with Crippen LogP contribution in [0.2, 0.25) is 0 Å². The van der Waals surface area contributed by atoms with Crippen molar-refractivity contribution in [2.45, 2.75) is 26.3 Å². The molecule has 0 saturated carbocycles. The van der Waals surface area contributed by atoms with E-state index in [-0.39, 0.29) is 18.0 Å². The Labute approximate surface area is 169 Å². The van der Waals surface area contributed by atoms with Crippen LogP contribution in [0.5, 0.6) is 0 Å². The quantitative estimate of drug-likeness (QED) is 0.544. The van der Waals surface area contributed by atoms with E-state index in [1.54, 1.807) is 30.3 Å². The topological polar surface area (TPSA) is 103 Å². The molecular formula is C22H24N5O2+. The number of carbonyl (C=O) groups is 1. The number of quaternary nitrogens is 1. The number of nitrogens with one attached hydrogen (secondary N) is 3. The van der Waals surface area contributed by atoms with Crippen LogP contribution in [0.25, 0.3) is 10.9 Å². The smallest absolute Gasteiger partial charge is 0.279 e. The molecule has 0 spiro atoms. The first-order valence-electron chi connectivity index (χ1n) is 9.70. The van der Waals surface area contributed by atoms with Crippen LogP contribution in [-0.4, -0.2) is 29.0 Å². The highest BCUT2D eigenvalue weighted by molar-refractivity contribution is 5.91. The van der Waals surface area contributed by atoms with Gasteiger partial charge in [-0.25, -0.2) is 4.98 Å². The van der Waals surface area contributed by atoms with E-state index in [4.69, 9.17) is 5.26 Å². The van der Waals surface area contributed by atoms with Crippen molar-refractivity contribution in [3.63, 3.8) is 0 Å². The minimum Gasteiger partial charge on any atom is -0.321 e. The van der Waals surface area contributed by atoms with Gasteiger partial charge in [0, 0.05) is 5.69 Å². The van der Waals surface area contributed by atoms with Crippen LogP contribution in [0.3, 0.4) is 0 Å². The molecule has 0 radical (unpaired) electrons. The van der Waals surface area contributed by atoms with Gasteiger partial charge in [-0.2, -0.15) is 5.26 Å². The van der Waals surface area contributed by atoms with Crippen LogP contribution >= 0.6 is 0 Å². The fraction of sp³-hybridized carbons (Fsp3) is 0.273. The van der Waals surface area contributed by atoms with Gasteiger partial charge >= 0.3 is 0 Å². The van der Waals surface area contributed by atoms with Crippen molar-refractivity contribution in [2.75, 3.05) is 18.4 Å². The van der Waals surface area contributed by atoms with Gasteiger partial charge in [-0.1, -0.05) is 25.5 Å². The Kier molecular flexibility index (Phi) is 6.72. The third-order valence-corrected chi connectivity index (χ3v) is 4.67. The van der Waals surface area contributed by atoms with Crippen LogP contribution in [0, 0.1) is 11.3 Å². The van der Waals surface area contributed by atoms with Gasteiger partial charge in [0.05, 0.1) is 29.1 Å². The van der Waals surface area contributed by atoms with Gasteiger partial charge < -0.3 is 15.2 Å². The average Bonchev–Trinajstić information content (AvgIpc) is 2.72. The van der Waals surface area contributed by atoms with Crippen molar-refractivity contribution >= 4 is 22.5 Å². The lowest BCUT2D eigenvalue weighted by molar-refractivity contribution is -0.906. The summed E-state index contributed by atoms with van der Waals surface area (Å²) in [5.41, 5.74) is 1.69. The van der Waals surface area contributed by atoms with Crippen LogP contribution < -0.4 is 15.8 Å². The number of hydrogen-bond donors (Lipinski definition) is 3. The largest absolute Gasteiger partial charge is 0.321 e. The summed E-state index contributed by atoms with van der Waals surface area (Å²) in [7, 11) is 0. The lowest BCUT2D eigenvalue weighted by Gasteiger charge is -2.18. The fourth-order valence-corrected chi connectivity index (χ4v) is 3.18. The molecule has 1 aromatic heterocycles. The number of para-hydroxylation sites is 1. The molecule has 7 nitrogen and oxygen atoms in total. The molecular weight excluding hydrogens is 366 g/mol. The van der Waals surface area contributed by atoms with E-state index >= 15 is 0 Å². The summed E-state index contributed by atoms with van der Waals surface area (Å²) in [5, 5.41) is 12.3. The molecule has 2 aromatic carbocycles. The molecule has 0 aliphatic carbocycles. The lowest BCUT2D eigenvalue weighted by atomic mass is 10.2. The van der Waals surface area contributed by atoms with Gasteiger partial charge in [-0.3, -0.25) is 9.59 Å². The molecule has 1 heterocycles. The van der Waals surface area contributed by atoms with Gasteiger partial charge in [0.1, 0.15) is 6.54 Å². The van der Waals surface area contributed by atoms with E-state index in [0.29, 0.717) is 34.5 Å². The molecule has 29 heavy (non-hydrogen) atoms. The van der Waals surface area contributed by atoms with E-state index in [1.807, 2.05) is 18.2 Å². The Morgan fingerprint density at radius 3 is 2.69 bits per heavy atom. The average molecular weight is 390 g/mol. The highest BCUT2D eigenvalue weighted by Crippen LogP contribution is 2.08. The number of H-pyrrole nitrogens is 1. The third-order valence-electron chi connectivity index (χ3n) is 4.67. The predicted octanol–water partition coefficient (Wildman–Crippen LogP) is 1.62. The molecule has 1 unspecified atom stereocenters. The van der Waals surface area contributed by atoms with Gasteiger partial charge in [0.25, 0.3) is 11.5 Å². The number of aromatic nitrogens is 2. The van der Waals surface area contributed by atoms with Gasteiger partial charge in [-0.15, -0.1) is 0 Å². The number of unbranched alkanes of at least 4 members (excludes halogenated alkanes) is 1. The molecule has 0 fully saturated rings. The molecule has 0 saturated heterocycles. The second-order valence-electron chi connectivity index (χ2n) is 6.97. The van der Waals surface area contributed by atoms with Gasteiger partial charge in [-0.05, 0) is 42.8 Å². The minimum atomic E-state index is -0.164. The number of hydrogen-bond acceptors (Lipinski definition) is 4. The van der Waals surface area contributed by atoms with Crippen molar-refractivity contribution in [3.8, 4) is 6.07 Å². The monoisotopic (exact) mass is 390 g/mol. The van der Waals surface area contributed by atoms with E-state index in [1.165, 1.54) is 0 Å². The van der Waals surface area contributed by atoms with Gasteiger partial charge in [0.15, 0.2) is 12.4 Å². The molecule has 3 N–H and O–H groups in total. The third kappa shape index (κ3) is 5.50. The summed E-state index contributed by atoms with van der Waals surface area (Å²) in [6.45, 7) is 3.62. The summed E-state index contributed by atoms with van der Waals surface area (Å²) >= 11 is 0. The second kappa shape index (κ2) is 9.62. The number of anilines is 1. The molecule has 3 aromatic rings. The molecule has 3 rings (SSSR count). The maximum Gasteiger partial charge on any atom is 0.279 e. The number of nitriles is 1. The summed E-state index contributed by atoms with van der Waals surface area (Å²) in [6, 6.07) is 16.0. The van der Waals surface area contributed by atoms with Crippen molar-refractivity contribution in [1.82, 2.24) is 9.97 Å². The first kappa shape index (κ1) is 20.2. The number of carbonyl (C=O) groups excluding carboxylic acids is 1. The van der Waals surface area contributed by atoms with E-state index < -0.39 is 0 Å². The summed E-state index contributed by atoms with van der Waals surface area (Å²) in [5.74, 6) is 0.454. The Morgan fingerprint density at radius 2 is 1.97 bits per heavy atom. The SMILES string of the molecule is CCCC[NH+](CC(=O)Nc1ccc(C#N)cc1)Cc1nc2ccccc2c(=O)[nH]1. The zero-order valence-corrected chi connectivity index (χ0v) is 16.4. The van der Waals surface area contributed by atoms with Crippen molar-refractivity contribution < 1.29 is 9.69 Å². The summed E-state index contributed by atoms with van der Waals surface area (Å²) in [6.07, 6.45) is 1.99. The Morgan fingerprint density at radius 1 is 1.21 bits per heavy atom. The van der Waals surface area contributed by atoms with Crippen molar-refractivity contribution in [1.29, 1.82) is 5.26 Å². The Hall–Kier alpha value is -3.50. The molecule has 0 bridgehead atoms. The van der Waals surface area contributed by atoms with Crippen molar-refractivity contribution in [2.24, 2.45) is 0 Å².